The number of hydrogen-bond donors (Lipinski definition) is 0. The number of ether oxygens (including phenoxy) is 2. The van der Waals surface area contributed by atoms with Crippen LogP contribution in [0.25, 0.3) is 11.1 Å². The zero-order chi connectivity index (χ0) is 21.1. The lowest BCUT2D eigenvalue weighted by molar-refractivity contribution is -0.0373. The van der Waals surface area contributed by atoms with Crippen molar-refractivity contribution < 1.29 is 13.9 Å². The molecule has 0 atom stereocenters. The zero-order valence-corrected chi connectivity index (χ0v) is 18.1. The lowest BCUT2D eigenvalue weighted by Gasteiger charge is -2.45. The molecule has 6 heteroatoms. The molecule has 4 rings (SSSR count). The molecule has 2 aromatic rings. The highest BCUT2D eigenvalue weighted by Gasteiger charge is 2.40. The van der Waals surface area contributed by atoms with Crippen molar-refractivity contribution in [3.05, 3.63) is 34.3 Å². The Hall–Kier alpha value is -2.10. The summed E-state index contributed by atoms with van der Waals surface area (Å²) < 4.78 is 18.3. The van der Waals surface area contributed by atoms with Crippen LogP contribution in [0.3, 0.4) is 0 Å². The normalized spacial score (nSPS) is 29.7. The van der Waals surface area contributed by atoms with E-state index >= 15 is 0 Å². The molecular weight excluding hydrogens is 380 g/mol. The number of methoxy groups -OCH3 is 1. The minimum Gasteiger partial charge on any atom is -0.408 e. The fraction of sp³-hybridized carbons (Fsp3) is 0.667. The first-order valence-electron chi connectivity index (χ1n) is 11.2. The van der Waals surface area contributed by atoms with Crippen LogP contribution in [0.5, 0.6) is 0 Å². The zero-order valence-electron chi connectivity index (χ0n) is 18.1. The molecule has 0 N–H and O–H groups in total. The molecule has 1 aromatic heterocycles. The minimum atomic E-state index is -0.302. The summed E-state index contributed by atoms with van der Waals surface area (Å²) in [5.41, 5.74) is 2.24. The number of fused-ring (bicyclic) bond motifs is 1. The maximum atomic E-state index is 12.5. The van der Waals surface area contributed by atoms with E-state index in [4.69, 9.17) is 13.9 Å². The Bertz CT molecular complexity index is 954. The summed E-state index contributed by atoms with van der Waals surface area (Å²) in [5.74, 6) is 0.390. The monoisotopic (exact) mass is 412 g/mol. The largest absolute Gasteiger partial charge is 0.420 e. The van der Waals surface area contributed by atoms with Crippen molar-refractivity contribution in [2.75, 3.05) is 20.3 Å². The Labute approximate surface area is 177 Å². The molecule has 2 aliphatic carbocycles. The third-order valence-corrected chi connectivity index (χ3v) is 7.50. The molecule has 0 saturated heterocycles. The maximum Gasteiger partial charge on any atom is 0.420 e. The number of rotatable bonds is 6. The van der Waals surface area contributed by atoms with Crippen LogP contribution in [0.15, 0.2) is 27.4 Å². The number of nitriles is 1. The van der Waals surface area contributed by atoms with Crippen LogP contribution in [0.4, 0.5) is 0 Å². The van der Waals surface area contributed by atoms with Crippen LogP contribution in [0.1, 0.15) is 69.9 Å². The van der Waals surface area contributed by atoms with Gasteiger partial charge in [-0.15, -0.1) is 0 Å². The highest BCUT2D eigenvalue weighted by Crippen LogP contribution is 2.50. The highest BCUT2D eigenvalue weighted by molar-refractivity contribution is 5.75. The molecule has 0 unspecified atom stereocenters. The summed E-state index contributed by atoms with van der Waals surface area (Å²) in [6, 6.07) is 7.51. The molecule has 6 nitrogen and oxygen atoms in total. The van der Waals surface area contributed by atoms with E-state index in [2.05, 4.69) is 13.0 Å². The fourth-order valence-corrected chi connectivity index (χ4v) is 5.60. The van der Waals surface area contributed by atoms with Crippen LogP contribution in [0, 0.1) is 22.7 Å². The van der Waals surface area contributed by atoms with Gasteiger partial charge in [0.05, 0.1) is 36.5 Å². The van der Waals surface area contributed by atoms with Crippen molar-refractivity contribution in [1.82, 2.24) is 4.57 Å². The van der Waals surface area contributed by atoms with Crippen molar-refractivity contribution in [2.24, 2.45) is 11.3 Å². The molecule has 2 fully saturated rings. The maximum absolute atomic E-state index is 12.5. The first-order valence-corrected chi connectivity index (χ1v) is 11.2. The highest BCUT2D eigenvalue weighted by atomic mass is 16.5. The number of hydrogen-bond acceptors (Lipinski definition) is 5. The molecule has 0 bridgehead atoms. The first-order chi connectivity index (χ1) is 14.5. The van der Waals surface area contributed by atoms with Crippen LogP contribution in [-0.2, 0) is 9.47 Å². The number of benzene rings is 1. The summed E-state index contributed by atoms with van der Waals surface area (Å²) >= 11 is 0. The van der Waals surface area contributed by atoms with E-state index in [1.54, 1.807) is 29.9 Å². The van der Waals surface area contributed by atoms with E-state index in [9.17, 15) is 10.1 Å². The van der Waals surface area contributed by atoms with Gasteiger partial charge in [-0.3, -0.25) is 4.57 Å². The third-order valence-electron chi connectivity index (χ3n) is 7.50. The van der Waals surface area contributed by atoms with E-state index in [1.807, 2.05) is 0 Å². The predicted molar refractivity (Wildman–Crippen MR) is 114 cm³/mol. The molecule has 1 aromatic carbocycles. The van der Waals surface area contributed by atoms with Gasteiger partial charge in [-0.1, -0.05) is 6.92 Å². The summed E-state index contributed by atoms with van der Waals surface area (Å²) in [6.45, 7) is 3.79. The minimum absolute atomic E-state index is 0.154. The Morgan fingerprint density at radius 3 is 2.57 bits per heavy atom. The molecule has 30 heavy (non-hydrogen) atoms. The van der Waals surface area contributed by atoms with Crippen molar-refractivity contribution in [1.29, 1.82) is 5.26 Å². The van der Waals surface area contributed by atoms with Gasteiger partial charge < -0.3 is 13.9 Å². The van der Waals surface area contributed by atoms with Crippen LogP contribution >= 0.6 is 0 Å². The van der Waals surface area contributed by atoms with Gasteiger partial charge in [-0.2, -0.15) is 5.26 Å². The lowest BCUT2D eigenvalue weighted by Crippen LogP contribution is -2.37. The van der Waals surface area contributed by atoms with Gasteiger partial charge in [0.15, 0.2) is 5.58 Å². The Morgan fingerprint density at radius 1 is 1.17 bits per heavy atom. The summed E-state index contributed by atoms with van der Waals surface area (Å²) in [7, 11) is 1.71. The topological polar surface area (TPSA) is 77.4 Å². The molecule has 2 aliphatic rings. The molecule has 0 aliphatic heterocycles. The van der Waals surface area contributed by atoms with Gasteiger partial charge in [0.2, 0.25) is 0 Å². The van der Waals surface area contributed by atoms with E-state index in [-0.39, 0.29) is 11.8 Å². The number of nitrogens with zero attached hydrogens (tertiary/aromatic N) is 2. The Kier molecular flexibility index (Phi) is 6.31. The summed E-state index contributed by atoms with van der Waals surface area (Å²) in [6.07, 6.45) is 9.28. The van der Waals surface area contributed by atoms with Crippen molar-refractivity contribution in [3.63, 3.8) is 0 Å². The first kappa shape index (κ1) is 21.1. The van der Waals surface area contributed by atoms with Crippen LogP contribution in [0.2, 0.25) is 0 Å². The van der Waals surface area contributed by atoms with E-state index < -0.39 is 0 Å². The van der Waals surface area contributed by atoms with Gasteiger partial charge in [0, 0.05) is 13.2 Å². The number of aromatic nitrogens is 1. The molecule has 2 saturated carbocycles. The molecule has 0 amide bonds. The van der Waals surface area contributed by atoms with Gasteiger partial charge >= 0.3 is 5.76 Å². The summed E-state index contributed by atoms with van der Waals surface area (Å²) in [4.78, 5) is 12.5. The van der Waals surface area contributed by atoms with Gasteiger partial charge in [-0.25, -0.2) is 4.79 Å². The lowest BCUT2D eigenvalue weighted by atomic mass is 9.62. The molecule has 0 spiro atoms. The van der Waals surface area contributed by atoms with Crippen molar-refractivity contribution >= 4 is 11.1 Å². The predicted octanol–water partition coefficient (Wildman–Crippen LogP) is 4.81. The van der Waals surface area contributed by atoms with Gasteiger partial charge in [0.25, 0.3) is 0 Å². The van der Waals surface area contributed by atoms with E-state index in [1.165, 1.54) is 12.8 Å². The second-order valence-electron chi connectivity index (χ2n) is 9.25. The number of oxazole rings is 1. The quantitative estimate of drug-likeness (QED) is 0.636. The van der Waals surface area contributed by atoms with Gasteiger partial charge in [-0.05, 0) is 80.9 Å². The standard InChI is InChI=1S/C24H32N2O4/c1-24(11-9-20(10-12-24)29-14-13-28-2)18-4-6-19(7-5-18)26-21-15-17(16-25)3-8-22(21)30-23(26)27/h3,8,15,18-20H,4-7,9-14H2,1-2H3. The van der Waals surface area contributed by atoms with E-state index in [0.29, 0.717) is 41.8 Å². The molecule has 162 valence electrons. The Balaban J connectivity index is 1.39. The van der Waals surface area contributed by atoms with Crippen molar-refractivity contribution in [2.45, 2.75) is 70.4 Å². The fourth-order valence-electron chi connectivity index (χ4n) is 5.60. The second kappa shape index (κ2) is 8.95. The van der Waals surface area contributed by atoms with Crippen LogP contribution in [-0.4, -0.2) is 31.0 Å². The SMILES string of the molecule is COCCOC1CCC(C)(C2CCC(n3c(=O)oc4ccc(C#N)cc43)CC2)CC1. The second-order valence-corrected chi connectivity index (χ2v) is 9.25. The smallest absolute Gasteiger partial charge is 0.408 e. The Morgan fingerprint density at radius 2 is 1.90 bits per heavy atom. The molecule has 0 radical (unpaired) electrons. The average molecular weight is 413 g/mol. The van der Waals surface area contributed by atoms with E-state index in [0.717, 1.165) is 44.0 Å². The average Bonchev–Trinajstić information content (AvgIpc) is 3.10. The third kappa shape index (κ3) is 4.19. The molecule has 1 heterocycles. The summed E-state index contributed by atoms with van der Waals surface area (Å²) in [5, 5.41) is 9.21. The van der Waals surface area contributed by atoms with Crippen LogP contribution < -0.4 is 5.76 Å². The van der Waals surface area contributed by atoms with Gasteiger partial charge in [0.1, 0.15) is 0 Å². The molecular formula is C24H32N2O4. The van der Waals surface area contributed by atoms with Crippen molar-refractivity contribution in [3.8, 4) is 6.07 Å².